The van der Waals surface area contributed by atoms with Gasteiger partial charge in [0.25, 0.3) is 0 Å². The van der Waals surface area contributed by atoms with Crippen molar-refractivity contribution in [3.63, 3.8) is 0 Å². The number of hydrogen-bond acceptors (Lipinski definition) is 4. The van der Waals surface area contributed by atoms with Gasteiger partial charge in [-0.05, 0) is 53.4 Å². The topological polar surface area (TPSA) is 17.1 Å². The highest BCUT2D eigenvalue weighted by Crippen LogP contribution is 2.56. The third kappa shape index (κ3) is 4.20. The van der Waals surface area contributed by atoms with E-state index in [0.29, 0.717) is 9.75 Å². The number of carbonyl (C=O) groups excluding carboxylic acids is 1. The number of allylic oxidation sites excluding steroid dienone is 2. The number of hydrogen-bond donors (Lipinski definition) is 0. The van der Waals surface area contributed by atoms with E-state index >= 15 is 8.78 Å². The van der Waals surface area contributed by atoms with Gasteiger partial charge >= 0.3 is 5.92 Å². The standard InChI is InChI=1S/C33H22F2OS3/c1-5-20-6-8-22(9-7-20)24-15-17-27(38-24)31-29-28(19(4)33(34,35)32(29)36)30(39-31)26-16-14-25(37-26)23-12-10-21(11-13-23)18(2)3/h5-17H,1-2,4H2,3H3. The molecule has 0 aliphatic heterocycles. The van der Waals surface area contributed by atoms with Crippen LogP contribution in [0, 0.1) is 0 Å². The van der Waals surface area contributed by atoms with Crippen molar-refractivity contribution >= 4 is 57.0 Å². The molecule has 6 heteroatoms. The minimum atomic E-state index is -3.61. The number of rotatable bonds is 6. The van der Waals surface area contributed by atoms with Gasteiger partial charge in [0.2, 0.25) is 5.78 Å². The number of carbonyl (C=O) groups is 1. The summed E-state index contributed by atoms with van der Waals surface area (Å²) in [6.45, 7) is 13.4. The van der Waals surface area contributed by atoms with Crippen LogP contribution in [-0.2, 0) is 0 Å². The maximum atomic E-state index is 15.0. The Bertz CT molecular complexity index is 1790. The van der Waals surface area contributed by atoms with Gasteiger partial charge in [-0.25, -0.2) is 0 Å². The van der Waals surface area contributed by atoms with Crippen LogP contribution in [0.3, 0.4) is 0 Å². The average molecular weight is 569 g/mol. The summed E-state index contributed by atoms with van der Waals surface area (Å²) in [7, 11) is 0. The maximum absolute atomic E-state index is 15.0. The first kappa shape index (κ1) is 25.6. The Morgan fingerprint density at radius 1 is 0.744 bits per heavy atom. The zero-order valence-corrected chi connectivity index (χ0v) is 23.5. The Labute approximate surface area is 237 Å². The quantitative estimate of drug-likeness (QED) is 0.199. The van der Waals surface area contributed by atoms with Gasteiger partial charge in [0, 0.05) is 30.6 Å². The highest BCUT2D eigenvalue weighted by molar-refractivity contribution is 7.28. The van der Waals surface area contributed by atoms with E-state index in [1.165, 1.54) is 34.0 Å². The number of thiophene rings is 3. The molecule has 2 aromatic carbocycles. The van der Waals surface area contributed by atoms with Gasteiger partial charge in [-0.1, -0.05) is 79.9 Å². The van der Waals surface area contributed by atoms with Crippen LogP contribution in [0.15, 0.2) is 92.5 Å². The van der Waals surface area contributed by atoms with Crippen LogP contribution in [0.4, 0.5) is 8.78 Å². The zero-order valence-electron chi connectivity index (χ0n) is 21.0. The lowest BCUT2D eigenvalue weighted by Gasteiger charge is -2.09. The molecular weight excluding hydrogens is 547 g/mol. The first-order valence-corrected chi connectivity index (χ1v) is 14.6. The summed E-state index contributed by atoms with van der Waals surface area (Å²) in [6.07, 6.45) is 1.78. The Kier molecular flexibility index (Phi) is 6.22. The van der Waals surface area contributed by atoms with E-state index in [-0.39, 0.29) is 11.1 Å². The highest BCUT2D eigenvalue weighted by Gasteiger charge is 2.54. The smallest absolute Gasteiger partial charge is 0.287 e. The molecule has 1 aliphatic rings. The van der Waals surface area contributed by atoms with E-state index in [0.717, 1.165) is 47.3 Å². The maximum Gasteiger partial charge on any atom is 0.335 e. The second kappa shape index (κ2) is 9.49. The fourth-order valence-corrected chi connectivity index (χ4v) is 8.25. The van der Waals surface area contributed by atoms with Gasteiger partial charge in [0.1, 0.15) is 0 Å². The van der Waals surface area contributed by atoms with Crippen LogP contribution in [0.25, 0.3) is 57.6 Å². The number of benzene rings is 2. The molecule has 3 aromatic heterocycles. The number of alkyl halides is 2. The van der Waals surface area contributed by atoms with Crippen molar-refractivity contribution in [2.75, 3.05) is 0 Å². The molecule has 0 N–H and O–H groups in total. The lowest BCUT2D eigenvalue weighted by Crippen LogP contribution is -2.23. The van der Waals surface area contributed by atoms with Crippen LogP contribution >= 0.6 is 34.0 Å². The summed E-state index contributed by atoms with van der Waals surface area (Å²) in [5.74, 6) is -4.78. The summed E-state index contributed by atoms with van der Waals surface area (Å²) in [6, 6.07) is 23.9. The van der Waals surface area contributed by atoms with Crippen LogP contribution < -0.4 is 0 Å². The summed E-state index contributed by atoms with van der Waals surface area (Å²) in [5.41, 5.74) is 5.08. The number of ketones is 1. The second-order valence-electron chi connectivity index (χ2n) is 9.40. The van der Waals surface area contributed by atoms with Crippen molar-refractivity contribution in [1.82, 2.24) is 0 Å². The highest BCUT2D eigenvalue weighted by atomic mass is 32.1. The molecule has 0 amide bonds. The third-order valence-electron chi connectivity index (χ3n) is 6.85. The lowest BCUT2D eigenvalue weighted by molar-refractivity contribution is 0.0462. The molecule has 192 valence electrons. The molecule has 3 heterocycles. The van der Waals surface area contributed by atoms with Gasteiger partial charge < -0.3 is 0 Å². The molecule has 0 atom stereocenters. The van der Waals surface area contributed by atoms with Gasteiger partial charge in [0.15, 0.2) is 0 Å². The number of fused-ring (bicyclic) bond motifs is 1. The Hall–Kier alpha value is -3.71. The largest absolute Gasteiger partial charge is 0.335 e. The van der Waals surface area contributed by atoms with E-state index in [4.69, 9.17) is 0 Å². The first-order chi connectivity index (χ1) is 18.7. The van der Waals surface area contributed by atoms with Gasteiger partial charge in [-0.15, -0.1) is 34.0 Å². The molecule has 0 bridgehead atoms. The van der Waals surface area contributed by atoms with Crippen LogP contribution in [0.5, 0.6) is 0 Å². The van der Waals surface area contributed by atoms with E-state index in [2.05, 4.69) is 19.7 Å². The predicted octanol–water partition coefficient (Wildman–Crippen LogP) is 11.1. The van der Waals surface area contributed by atoms with Crippen molar-refractivity contribution < 1.29 is 13.6 Å². The van der Waals surface area contributed by atoms with Crippen LogP contribution in [-0.4, -0.2) is 11.7 Å². The van der Waals surface area contributed by atoms with E-state index in [1.54, 1.807) is 6.08 Å². The normalized spacial score (nSPS) is 14.0. The molecule has 1 aliphatic carbocycles. The van der Waals surface area contributed by atoms with E-state index < -0.39 is 17.3 Å². The van der Waals surface area contributed by atoms with Gasteiger partial charge in [-0.2, -0.15) is 8.78 Å². The molecular formula is C33H22F2OS3. The van der Waals surface area contributed by atoms with Crippen LogP contribution in [0.2, 0.25) is 0 Å². The third-order valence-corrected chi connectivity index (χ3v) is 10.7. The molecule has 0 unspecified atom stereocenters. The summed E-state index contributed by atoms with van der Waals surface area (Å²) >= 11 is 4.40. The Morgan fingerprint density at radius 2 is 1.23 bits per heavy atom. The molecule has 0 radical (unpaired) electrons. The summed E-state index contributed by atoms with van der Waals surface area (Å²) in [5, 5.41) is 0. The zero-order chi connectivity index (χ0) is 27.5. The monoisotopic (exact) mass is 568 g/mol. The second-order valence-corrected chi connectivity index (χ2v) is 12.6. The molecule has 0 saturated carbocycles. The lowest BCUT2D eigenvalue weighted by atomic mass is 10.1. The van der Waals surface area contributed by atoms with Crippen molar-refractivity contribution in [3.05, 3.63) is 115 Å². The summed E-state index contributed by atoms with van der Waals surface area (Å²) in [4.78, 5) is 17.9. The minimum Gasteiger partial charge on any atom is -0.287 e. The molecule has 0 saturated heterocycles. The Morgan fingerprint density at radius 3 is 1.74 bits per heavy atom. The fourth-order valence-electron chi connectivity index (χ4n) is 4.67. The van der Waals surface area contributed by atoms with E-state index in [9.17, 15) is 4.79 Å². The molecule has 5 aromatic rings. The predicted molar refractivity (Wildman–Crippen MR) is 165 cm³/mol. The first-order valence-electron chi connectivity index (χ1n) is 12.2. The summed E-state index contributed by atoms with van der Waals surface area (Å²) < 4.78 is 30.0. The molecule has 1 nitrogen and oxygen atoms in total. The van der Waals surface area contributed by atoms with Crippen molar-refractivity contribution in [2.24, 2.45) is 0 Å². The minimum absolute atomic E-state index is 0.0844. The molecule has 6 rings (SSSR count). The Balaban J connectivity index is 1.44. The van der Waals surface area contributed by atoms with Gasteiger partial charge in [0.05, 0.1) is 15.3 Å². The van der Waals surface area contributed by atoms with Crippen molar-refractivity contribution in [1.29, 1.82) is 0 Å². The van der Waals surface area contributed by atoms with Crippen molar-refractivity contribution in [2.45, 2.75) is 12.8 Å². The molecule has 39 heavy (non-hydrogen) atoms. The van der Waals surface area contributed by atoms with Crippen LogP contribution in [0.1, 0.15) is 34.0 Å². The average Bonchev–Trinajstić information content (AvgIpc) is 3.72. The fraction of sp³-hybridized carbons (Fsp3) is 0.0606. The molecule has 0 fully saturated rings. The van der Waals surface area contributed by atoms with Crippen molar-refractivity contribution in [3.8, 4) is 40.4 Å². The SMILES string of the molecule is C=Cc1ccc(-c2ccc(-c3sc(-c4ccc(-c5ccc(C(=C)C)cc5)s4)c4c3C(=O)C(F)(F)C4=C)s2)cc1. The van der Waals surface area contributed by atoms with E-state index in [1.807, 2.05) is 79.7 Å². The molecule has 0 spiro atoms. The number of Topliss-reactive ketones (excluding diaryl/α,β-unsaturated/α-hetero) is 1. The number of halogens is 2. The van der Waals surface area contributed by atoms with Gasteiger partial charge in [-0.3, -0.25) is 4.79 Å².